The molecule has 0 radical (unpaired) electrons. The van der Waals surface area contributed by atoms with Crippen LogP contribution in [0.15, 0.2) is 86.8 Å². The minimum Gasteiger partial charge on any atom is -0.484 e. The lowest BCUT2D eigenvalue weighted by molar-refractivity contribution is -0.123. The SMILES string of the molecule is O=C(COc1ccc2c(=O)c(-c3ccccc3)coc2c1)NCc1ccco1. The van der Waals surface area contributed by atoms with E-state index in [1.807, 2.05) is 30.3 Å². The highest BCUT2D eigenvalue weighted by Gasteiger charge is 2.10. The number of amides is 1. The van der Waals surface area contributed by atoms with Gasteiger partial charge in [-0.05, 0) is 29.8 Å². The van der Waals surface area contributed by atoms with Crippen LogP contribution in [0.2, 0.25) is 0 Å². The third-order valence-corrected chi connectivity index (χ3v) is 4.24. The zero-order chi connectivity index (χ0) is 19.3. The van der Waals surface area contributed by atoms with Crippen LogP contribution in [0.4, 0.5) is 0 Å². The van der Waals surface area contributed by atoms with Crippen LogP contribution in [0.1, 0.15) is 5.76 Å². The van der Waals surface area contributed by atoms with Crippen molar-refractivity contribution in [3.8, 4) is 16.9 Å². The van der Waals surface area contributed by atoms with Crippen LogP contribution in [0, 0.1) is 0 Å². The minimum absolute atomic E-state index is 0.116. The molecule has 0 aliphatic rings. The Hall–Kier alpha value is -3.80. The molecule has 6 nitrogen and oxygen atoms in total. The number of ether oxygens (including phenoxy) is 1. The van der Waals surface area contributed by atoms with E-state index < -0.39 is 0 Å². The van der Waals surface area contributed by atoms with Gasteiger partial charge in [0.25, 0.3) is 5.91 Å². The molecule has 4 aromatic rings. The van der Waals surface area contributed by atoms with Crippen LogP contribution in [-0.2, 0) is 11.3 Å². The first-order valence-electron chi connectivity index (χ1n) is 8.73. The Morgan fingerprint density at radius 1 is 1.00 bits per heavy atom. The van der Waals surface area contributed by atoms with Gasteiger partial charge >= 0.3 is 0 Å². The van der Waals surface area contributed by atoms with Crippen LogP contribution in [0.3, 0.4) is 0 Å². The molecule has 0 saturated carbocycles. The highest BCUT2D eigenvalue weighted by molar-refractivity contribution is 5.83. The van der Waals surface area contributed by atoms with Gasteiger partial charge in [0.2, 0.25) is 0 Å². The highest BCUT2D eigenvalue weighted by atomic mass is 16.5. The molecular weight excluding hydrogens is 358 g/mol. The summed E-state index contributed by atoms with van der Waals surface area (Å²) >= 11 is 0. The third-order valence-electron chi connectivity index (χ3n) is 4.24. The van der Waals surface area contributed by atoms with E-state index >= 15 is 0 Å². The van der Waals surface area contributed by atoms with E-state index in [4.69, 9.17) is 13.6 Å². The van der Waals surface area contributed by atoms with E-state index in [0.717, 1.165) is 5.56 Å². The first kappa shape index (κ1) is 17.6. The van der Waals surface area contributed by atoms with Crippen LogP contribution in [0.25, 0.3) is 22.1 Å². The second-order valence-corrected chi connectivity index (χ2v) is 6.15. The molecule has 0 aliphatic carbocycles. The molecule has 0 bridgehead atoms. The lowest BCUT2D eigenvalue weighted by Crippen LogP contribution is -2.28. The van der Waals surface area contributed by atoms with E-state index in [1.165, 1.54) is 6.26 Å². The molecule has 1 N–H and O–H groups in total. The van der Waals surface area contributed by atoms with Gasteiger partial charge in [-0.3, -0.25) is 9.59 Å². The molecule has 140 valence electrons. The maximum atomic E-state index is 12.7. The van der Waals surface area contributed by atoms with Gasteiger partial charge in [-0.2, -0.15) is 0 Å². The molecule has 2 aromatic carbocycles. The summed E-state index contributed by atoms with van der Waals surface area (Å²) in [4.78, 5) is 24.6. The molecule has 0 aliphatic heterocycles. The molecule has 0 atom stereocenters. The number of carbonyl (C=O) groups excluding carboxylic acids is 1. The van der Waals surface area contributed by atoms with Crippen molar-refractivity contribution in [1.29, 1.82) is 0 Å². The minimum atomic E-state index is -0.280. The topological polar surface area (TPSA) is 81.7 Å². The first-order chi connectivity index (χ1) is 13.7. The molecule has 0 unspecified atom stereocenters. The van der Waals surface area contributed by atoms with Gasteiger partial charge in [0.1, 0.15) is 23.4 Å². The second-order valence-electron chi connectivity index (χ2n) is 6.15. The summed E-state index contributed by atoms with van der Waals surface area (Å²) in [5, 5.41) is 3.15. The third kappa shape index (κ3) is 3.81. The number of hydrogen-bond donors (Lipinski definition) is 1. The molecule has 28 heavy (non-hydrogen) atoms. The Morgan fingerprint density at radius 2 is 1.86 bits per heavy atom. The molecule has 1 amide bonds. The Bertz CT molecular complexity index is 1150. The molecule has 6 heteroatoms. The highest BCUT2D eigenvalue weighted by Crippen LogP contribution is 2.23. The van der Waals surface area contributed by atoms with Crippen molar-refractivity contribution in [3.05, 3.63) is 89.2 Å². The number of rotatable bonds is 6. The summed E-state index contributed by atoms with van der Waals surface area (Å²) in [7, 11) is 0. The molecule has 0 saturated heterocycles. The second kappa shape index (κ2) is 7.84. The molecule has 0 spiro atoms. The summed E-state index contributed by atoms with van der Waals surface area (Å²) in [6, 6.07) is 17.8. The van der Waals surface area contributed by atoms with Gasteiger partial charge in [-0.15, -0.1) is 0 Å². The van der Waals surface area contributed by atoms with Crippen molar-refractivity contribution in [2.45, 2.75) is 6.54 Å². The maximum Gasteiger partial charge on any atom is 0.258 e. The number of nitrogens with one attached hydrogen (secondary N) is 1. The first-order valence-corrected chi connectivity index (χ1v) is 8.73. The predicted molar refractivity (Wildman–Crippen MR) is 104 cm³/mol. The Kier molecular flexibility index (Phi) is 4.93. The Morgan fingerprint density at radius 3 is 2.64 bits per heavy atom. The average Bonchev–Trinajstić information content (AvgIpc) is 3.25. The van der Waals surface area contributed by atoms with Crippen molar-refractivity contribution in [1.82, 2.24) is 5.32 Å². The average molecular weight is 375 g/mol. The maximum absolute atomic E-state index is 12.7. The number of carbonyl (C=O) groups is 1. The van der Waals surface area contributed by atoms with Crippen LogP contribution < -0.4 is 15.5 Å². The van der Waals surface area contributed by atoms with Gasteiger partial charge < -0.3 is 18.9 Å². The molecule has 2 heterocycles. The number of fused-ring (bicyclic) bond motifs is 1. The number of furan rings is 1. The van der Waals surface area contributed by atoms with Crippen molar-refractivity contribution >= 4 is 16.9 Å². The zero-order valence-corrected chi connectivity index (χ0v) is 14.9. The van der Waals surface area contributed by atoms with Crippen molar-refractivity contribution in [3.63, 3.8) is 0 Å². The van der Waals surface area contributed by atoms with Crippen molar-refractivity contribution < 1.29 is 18.4 Å². The van der Waals surface area contributed by atoms with E-state index in [0.29, 0.717) is 34.6 Å². The van der Waals surface area contributed by atoms with Crippen LogP contribution in [-0.4, -0.2) is 12.5 Å². The summed E-state index contributed by atoms with van der Waals surface area (Å²) in [5.41, 5.74) is 1.58. The van der Waals surface area contributed by atoms with Crippen molar-refractivity contribution in [2.24, 2.45) is 0 Å². The summed E-state index contributed by atoms with van der Waals surface area (Å²) in [6.07, 6.45) is 2.99. The fourth-order valence-corrected chi connectivity index (χ4v) is 2.81. The van der Waals surface area contributed by atoms with Crippen LogP contribution in [0.5, 0.6) is 5.75 Å². The van der Waals surface area contributed by atoms with E-state index in [2.05, 4.69) is 5.32 Å². The molecular formula is C22H17NO5. The fourth-order valence-electron chi connectivity index (χ4n) is 2.81. The van der Waals surface area contributed by atoms with Gasteiger partial charge in [-0.25, -0.2) is 0 Å². The zero-order valence-electron chi connectivity index (χ0n) is 14.9. The summed E-state index contributed by atoms with van der Waals surface area (Å²) in [5.74, 6) is 0.823. The summed E-state index contributed by atoms with van der Waals surface area (Å²) < 4.78 is 16.3. The van der Waals surface area contributed by atoms with E-state index in [9.17, 15) is 9.59 Å². The van der Waals surface area contributed by atoms with Gasteiger partial charge in [0.05, 0.1) is 23.8 Å². The smallest absolute Gasteiger partial charge is 0.258 e. The standard InChI is InChI=1S/C22H17NO5/c24-21(23-12-17-7-4-10-26-17)14-27-16-8-9-18-20(11-16)28-13-19(22(18)25)15-5-2-1-3-6-15/h1-11,13H,12,14H2,(H,23,24). The largest absolute Gasteiger partial charge is 0.484 e. The summed E-state index contributed by atoms with van der Waals surface area (Å²) in [6.45, 7) is 0.141. The van der Waals surface area contributed by atoms with Gasteiger partial charge in [0.15, 0.2) is 12.0 Å². The Labute approximate surface area is 160 Å². The van der Waals surface area contributed by atoms with Gasteiger partial charge in [-0.1, -0.05) is 30.3 Å². The van der Waals surface area contributed by atoms with E-state index in [-0.39, 0.29) is 17.9 Å². The molecule has 2 aromatic heterocycles. The number of hydrogen-bond acceptors (Lipinski definition) is 5. The predicted octanol–water partition coefficient (Wildman–Crippen LogP) is 3.75. The Balaban J connectivity index is 1.46. The van der Waals surface area contributed by atoms with Crippen LogP contribution >= 0.6 is 0 Å². The number of benzene rings is 2. The molecule has 4 rings (SSSR count). The van der Waals surface area contributed by atoms with Crippen molar-refractivity contribution in [2.75, 3.05) is 6.61 Å². The normalized spacial score (nSPS) is 10.7. The lowest BCUT2D eigenvalue weighted by Gasteiger charge is -2.08. The van der Waals surface area contributed by atoms with E-state index in [1.54, 1.807) is 36.6 Å². The monoisotopic (exact) mass is 375 g/mol. The lowest BCUT2D eigenvalue weighted by atomic mass is 10.1. The quantitative estimate of drug-likeness (QED) is 0.555. The molecule has 0 fully saturated rings. The fraction of sp³-hybridized carbons (Fsp3) is 0.0909. The van der Waals surface area contributed by atoms with Gasteiger partial charge in [0, 0.05) is 6.07 Å².